The van der Waals surface area contributed by atoms with Gasteiger partial charge in [0.15, 0.2) is 23.0 Å². The van der Waals surface area contributed by atoms with Gasteiger partial charge in [-0.05, 0) is 47.9 Å². The van der Waals surface area contributed by atoms with Crippen molar-refractivity contribution in [3.63, 3.8) is 0 Å². The minimum Gasteiger partial charge on any atom is -0.504 e. The van der Waals surface area contributed by atoms with Gasteiger partial charge in [-0.2, -0.15) is 0 Å². The summed E-state index contributed by atoms with van der Waals surface area (Å²) in [6.07, 6.45) is 2.22. The zero-order valence-electron chi connectivity index (χ0n) is 15.9. The first-order chi connectivity index (χ1) is 13.5. The SMILES string of the molecule is COc1cc(C[C@H]2COC(=O)C2=Cc2cc(O)c(OC)c(OC)c2)ccc1O. The van der Waals surface area contributed by atoms with Crippen molar-refractivity contribution in [1.29, 1.82) is 0 Å². The Bertz CT molecular complexity index is 917. The Morgan fingerprint density at radius 2 is 1.79 bits per heavy atom. The van der Waals surface area contributed by atoms with Crippen molar-refractivity contribution in [2.75, 3.05) is 27.9 Å². The van der Waals surface area contributed by atoms with Gasteiger partial charge in [0.1, 0.15) is 0 Å². The molecule has 1 heterocycles. The molecule has 7 nitrogen and oxygen atoms in total. The van der Waals surface area contributed by atoms with E-state index in [1.165, 1.54) is 27.4 Å². The Morgan fingerprint density at radius 3 is 2.46 bits per heavy atom. The Labute approximate surface area is 162 Å². The van der Waals surface area contributed by atoms with Crippen LogP contribution in [0.1, 0.15) is 11.1 Å². The molecule has 3 rings (SSSR count). The summed E-state index contributed by atoms with van der Waals surface area (Å²) >= 11 is 0. The maximum atomic E-state index is 12.2. The quantitative estimate of drug-likeness (QED) is 0.582. The number of carbonyl (C=O) groups excluding carboxylic acids is 1. The average molecular weight is 386 g/mol. The van der Waals surface area contributed by atoms with Crippen LogP contribution >= 0.6 is 0 Å². The molecule has 1 fully saturated rings. The first-order valence-electron chi connectivity index (χ1n) is 8.66. The van der Waals surface area contributed by atoms with Crippen molar-refractivity contribution in [3.05, 3.63) is 47.0 Å². The van der Waals surface area contributed by atoms with Crippen molar-refractivity contribution in [2.45, 2.75) is 6.42 Å². The predicted octanol–water partition coefficient (Wildman–Crippen LogP) is 2.92. The molecule has 0 amide bonds. The summed E-state index contributed by atoms with van der Waals surface area (Å²) in [6.45, 7) is 0.257. The van der Waals surface area contributed by atoms with Crippen LogP contribution in [-0.2, 0) is 16.0 Å². The Kier molecular flexibility index (Phi) is 5.63. The van der Waals surface area contributed by atoms with E-state index in [2.05, 4.69) is 0 Å². The van der Waals surface area contributed by atoms with Crippen LogP contribution < -0.4 is 14.2 Å². The zero-order valence-corrected chi connectivity index (χ0v) is 15.9. The zero-order chi connectivity index (χ0) is 20.3. The number of carbonyl (C=O) groups is 1. The molecule has 2 N–H and O–H groups in total. The van der Waals surface area contributed by atoms with Gasteiger partial charge in [0.25, 0.3) is 0 Å². The Balaban J connectivity index is 1.91. The number of esters is 1. The third-order valence-electron chi connectivity index (χ3n) is 4.62. The Hall–Kier alpha value is -3.35. The number of rotatable bonds is 6. The van der Waals surface area contributed by atoms with Gasteiger partial charge in [0.05, 0.1) is 27.9 Å². The highest BCUT2D eigenvalue weighted by atomic mass is 16.5. The second kappa shape index (κ2) is 8.12. The van der Waals surface area contributed by atoms with Crippen molar-refractivity contribution < 1.29 is 34.0 Å². The van der Waals surface area contributed by atoms with E-state index in [0.717, 1.165) is 5.56 Å². The predicted molar refractivity (Wildman–Crippen MR) is 102 cm³/mol. The Morgan fingerprint density at radius 1 is 1.04 bits per heavy atom. The van der Waals surface area contributed by atoms with Gasteiger partial charge in [0.2, 0.25) is 5.75 Å². The minimum atomic E-state index is -0.398. The van der Waals surface area contributed by atoms with Crippen molar-refractivity contribution in [2.24, 2.45) is 5.92 Å². The highest BCUT2D eigenvalue weighted by Crippen LogP contribution is 2.39. The molecule has 148 valence electrons. The summed E-state index contributed by atoms with van der Waals surface area (Å²) < 4.78 is 20.7. The molecule has 0 aliphatic carbocycles. The van der Waals surface area contributed by atoms with Gasteiger partial charge in [-0.25, -0.2) is 4.79 Å². The fraction of sp³-hybridized carbons (Fsp3) is 0.286. The first-order valence-corrected chi connectivity index (χ1v) is 8.66. The molecule has 28 heavy (non-hydrogen) atoms. The number of phenols is 2. The number of aromatic hydroxyl groups is 2. The molecule has 0 bridgehead atoms. The van der Waals surface area contributed by atoms with E-state index < -0.39 is 5.97 Å². The van der Waals surface area contributed by atoms with Crippen LogP contribution in [0, 0.1) is 5.92 Å². The van der Waals surface area contributed by atoms with Gasteiger partial charge < -0.3 is 29.2 Å². The normalized spacial score (nSPS) is 17.5. The second-order valence-corrected chi connectivity index (χ2v) is 6.38. The summed E-state index contributed by atoms with van der Waals surface area (Å²) in [5.74, 6) is 0.369. The van der Waals surface area contributed by atoms with E-state index in [1.54, 1.807) is 30.3 Å². The van der Waals surface area contributed by atoms with Gasteiger partial charge in [-0.15, -0.1) is 0 Å². The van der Waals surface area contributed by atoms with E-state index in [0.29, 0.717) is 29.1 Å². The lowest BCUT2D eigenvalue weighted by Crippen LogP contribution is -2.07. The number of methoxy groups -OCH3 is 3. The maximum absolute atomic E-state index is 12.2. The standard InChI is InChI=1S/C21H22O7/c1-25-18-9-12(4-5-16(18)22)6-14-11-28-21(24)15(14)7-13-8-17(23)20(27-3)19(10-13)26-2/h4-5,7-10,14,22-23H,6,11H2,1-3H3/t14-/m0/s1. The molecule has 1 aliphatic rings. The van der Waals surface area contributed by atoms with Gasteiger partial charge in [-0.1, -0.05) is 6.07 Å². The van der Waals surface area contributed by atoms with Crippen LogP contribution in [0.25, 0.3) is 6.08 Å². The molecule has 2 aromatic carbocycles. The van der Waals surface area contributed by atoms with Crippen molar-refractivity contribution in [3.8, 4) is 28.7 Å². The second-order valence-electron chi connectivity index (χ2n) is 6.38. The van der Waals surface area contributed by atoms with Gasteiger partial charge in [0, 0.05) is 11.5 Å². The minimum absolute atomic E-state index is 0.0570. The summed E-state index contributed by atoms with van der Waals surface area (Å²) in [7, 11) is 4.39. The fourth-order valence-electron chi connectivity index (χ4n) is 3.22. The van der Waals surface area contributed by atoms with Crippen LogP contribution in [0.5, 0.6) is 28.7 Å². The van der Waals surface area contributed by atoms with Crippen molar-refractivity contribution in [1.82, 2.24) is 0 Å². The summed E-state index contributed by atoms with van der Waals surface area (Å²) in [6, 6.07) is 8.25. The molecule has 0 unspecified atom stereocenters. The lowest BCUT2D eigenvalue weighted by Gasteiger charge is -2.12. The maximum Gasteiger partial charge on any atom is 0.334 e. The van der Waals surface area contributed by atoms with E-state index in [9.17, 15) is 15.0 Å². The number of hydrogen-bond acceptors (Lipinski definition) is 7. The third kappa shape index (κ3) is 3.83. The number of hydrogen-bond donors (Lipinski definition) is 2. The number of benzene rings is 2. The monoisotopic (exact) mass is 386 g/mol. The largest absolute Gasteiger partial charge is 0.504 e. The lowest BCUT2D eigenvalue weighted by molar-refractivity contribution is -0.135. The van der Waals surface area contributed by atoms with Crippen molar-refractivity contribution >= 4 is 12.0 Å². The van der Waals surface area contributed by atoms with E-state index in [1.807, 2.05) is 0 Å². The molecule has 7 heteroatoms. The number of phenolic OH excluding ortho intramolecular Hbond substituents is 2. The number of ether oxygens (including phenoxy) is 4. The smallest absolute Gasteiger partial charge is 0.334 e. The fourth-order valence-corrected chi connectivity index (χ4v) is 3.22. The van der Waals surface area contributed by atoms with Crippen LogP contribution in [0.4, 0.5) is 0 Å². The molecule has 0 spiro atoms. The summed E-state index contributed by atoms with van der Waals surface area (Å²) in [5, 5.41) is 19.9. The molecule has 0 saturated carbocycles. The highest BCUT2D eigenvalue weighted by Gasteiger charge is 2.31. The highest BCUT2D eigenvalue weighted by molar-refractivity contribution is 5.96. The third-order valence-corrected chi connectivity index (χ3v) is 4.62. The molecule has 0 radical (unpaired) electrons. The molecule has 2 aromatic rings. The summed E-state index contributed by atoms with van der Waals surface area (Å²) in [4.78, 5) is 12.2. The molecule has 1 atom stereocenters. The van der Waals surface area contributed by atoms with Gasteiger partial charge in [-0.3, -0.25) is 0 Å². The van der Waals surface area contributed by atoms with Crippen LogP contribution in [0.15, 0.2) is 35.9 Å². The van der Waals surface area contributed by atoms with E-state index >= 15 is 0 Å². The number of cyclic esters (lactones) is 1. The average Bonchev–Trinajstić information content (AvgIpc) is 3.02. The molecule has 1 aliphatic heterocycles. The summed E-state index contributed by atoms with van der Waals surface area (Å²) in [5.41, 5.74) is 2.00. The molecule has 1 saturated heterocycles. The lowest BCUT2D eigenvalue weighted by atomic mass is 9.92. The van der Waals surface area contributed by atoms with Crippen LogP contribution in [0.3, 0.4) is 0 Å². The van der Waals surface area contributed by atoms with E-state index in [-0.39, 0.29) is 29.8 Å². The molecule has 0 aromatic heterocycles. The van der Waals surface area contributed by atoms with Crippen LogP contribution in [-0.4, -0.2) is 44.1 Å². The molecular weight excluding hydrogens is 364 g/mol. The topological polar surface area (TPSA) is 94.5 Å². The van der Waals surface area contributed by atoms with Crippen LogP contribution in [0.2, 0.25) is 0 Å². The van der Waals surface area contributed by atoms with Gasteiger partial charge >= 0.3 is 5.97 Å². The first kappa shape index (κ1) is 19.4. The van der Waals surface area contributed by atoms with E-state index in [4.69, 9.17) is 18.9 Å². The molecular formula is C21H22O7.